The number of carboxylic acid groups (broad SMARTS) is 1. The van der Waals surface area contributed by atoms with Gasteiger partial charge in [0.2, 0.25) is 0 Å². The minimum atomic E-state index is -0.811. The van der Waals surface area contributed by atoms with Crippen LogP contribution in [0.1, 0.15) is 37.3 Å². The predicted molar refractivity (Wildman–Crippen MR) is 135 cm³/mol. The van der Waals surface area contributed by atoms with E-state index in [-0.39, 0.29) is 6.61 Å². The molecule has 0 aromatic heterocycles. The molecule has 174 valence electrons. The van der Waals surface area contributed by atoms with Crippen LogP contribution >= 0.6 is 0 Å². The Labute approximate surface area is 197 Å². The fraction of sp³-hybridized carbons (Fsp3) is 0.414. The molecule has 0 bridgehead atoms. The van der Waals surface area contributed by atoms with Crippen LogP contribution in [0.5, 0.6) is 0 Å². The summed E-state index contributed by atoms with van der Waals surface area (Å²) < 4.78 is 6.39. The second-order valence-corrected chi connectivity index (χ2v) is 9.63. The van der Waals surface area contributed by atoms with Gasteiger partial charge in [0.15, 0.2) is 0 Å². The van der Waals surface area contributed by atoms with E-state index in [2.05, 4.69) is 79.4 Å². The number of benzene rings is 2. The molecular weight excluding hydrogens is 410 g/mol. The predicted octanol–water partition coefficient (Wildman–Crippen LogP) is 6.18. The lowest BCUT2D eigenvalue weighted by Crippen LogP contribution is -2.49. The van der Waals surface area contributed by atoms with Crippen LogP contribution in [0.3, 0.4) is 0 Å². The van der Waals surface area contributed by atoms with Crippen LogP contribution in [0.15, 0.2) is 66.8 Å². The fourth-order valence-electron chi connectivity index (χ4n) is 4.91. The Bertz CT molecular complexity index is 1060. The lowest BCUT2D eigenvalue weighted by atomic mass is 9.77. The van der Waals surface area contributed by atoms with Gasteiger partial charge in [0.25, 0.3) is 0 Å². The molecular formula is C29H35NO3. The molecule has 3 unspecified atom stereocenters. The van der Waals surface area contributed by atoms with Crippen molar-refractivity contribution in [3.63, 3.8) is 0 Å². The third kappa shape index (κ3) is 5.22. The van der Waals surface area contributed by atoms with Crippen molar-refractivity contribution in [3.05, 3.63) is 77.9 Å². The zero-order valence-electron chi connectivity index (χ0n) is 20.0. The molecule has 4 nitrogen and oxygen atoms in total. The Hall–Kier alpha value is -2.85. The highest BCUT2D eigenvalue weighted by Crippen LogP contribution is 2.38. The van der Waals surface area contributed by atoms with Gasteiger partial charge in [-0.25, -0.2) is 0 Å². The number of carbonyl (C=O) groups is 1. The molecule has 1 aliphatic carbocycles. The smallest absolute Gasteiger partial charge is 0.308 e. The number of nitrogens with zero attached hydrogens (tertiary/aromatic N) is 1. The summed E-state index contributed by atoms with van der Waals surface area (Å²) in [6, 6.07) is 15.5. The van der Waals surface area contributed by atoms with E-state index in [1.165, 1.54) is 27.9 Å². The van der Waals surface area contributed by atoms with Crippen molar-refractivity contribution >= 4 is 11.7 Å². The number of ether oxygens (including phenoxy) is 1. The zero-order valence-corrected chi connectivity index (χ0v) is 20.0. The number of allylic oxidation sites excluding steroid dienone is 2. The van der Waals surface area contributed by atoms with Gasteiger partial charge in [0.05, 0.1) is 18.1 Å². The first-order valence-corrected chi connectivity index (χ1v) is 12.0. The van der Waals surface area contributed by atoms with E-state index in [4.69, 9.17) is 4.74 Å². The molecule has 2 aliphatic rings. The number of rotatable bonds is 7. The van der Waals surface area contributed by atoms with Gasteiger partial charge in [-0.05, 0) is 74.4 Å². The summed E-state index contributed by atoms with van der Waals surface area (Å²) in [5.41, 5.74) is 5.90. The standard InChI is InChI=1S/C29H35NO3/c1-21-12-13-25(17-22(21)2)24-9-7-11-27(18-24)30-16-8-10-26(19-30)29(14-5-4-6-15-29)33-20-23(3)28(31)32/h4-7,9,11-14,17-18,23,26H,8,10,15-16,19-20H2,1-3H3,(H,31,32). The van der Waals surface area contributed by atoms with Crippen LogP contribution < -0.4 is 4.90 Å². The number of carboxylic acids is 1. The quantitative estimate of drug-likeness (QED) is 0.553. The summed E-state index contributed by atoms with van der Waals surface area (Å²) in [5.74, 6) is -1.02. The number of aliphatic carboxylic acids is 1. The maximum Gasteiger partial charge on any atom is 0.308 e. The van der Waals surface area contributed by atoms with Crippen LogP contribution in [0.2, 0.25) is 0 Å². The van der Waals surface area contributed by atoms with E-state index in [1.54, 1.807) is 6.92 Å². The monoisotopic (exact) mass is 445 g/mol. The number of anilines is 1. The van der Waals surface area contributed by atoms with Crippen molar-refractivity contribution in [1.29, 1.82) is 0 Å². The van der Waals surface area contributed by atoms with Gasteiger partial charge in [-0.3, -0.25) is 4.79 Å². The molecule has 0 amide bonds. The van der Waals surface area contributed by atoms with E-state index in [1.807, 2.05) is 6.08 Å². The number of hydrogen-bond acceptors (Lipinski definition) is 3. The van der Waals surface area contributed by atoms with Crippen LogP contribution in [-0.2, 0) is 9.53 Å². The molecule has 1 N–H and O–H groups in total. The second-order valence-electron chi connectivity index (χ2n) is 9.63. The van der Waals surface area contributed by atoms with E-state index in [0.717, 1.165) is 32.4 Å². The average Bonchev–Trinajstić information content (AvgIpc) is 2.85. The van der Waals surface area contributed by atoms with Crippen molar-refractivity contribution in [2.75, 3.05) is 24.6 Å². The van der Waals surface area contributed by atoms with Crippen molar-refractivity contribution in [2.45, 2.75) is 45.6 Å². The van der Waals surface area contributed by atoms with Crippen molar-refractivity contribution in [3.8, 4) is 11.1 Å². The summed E-state index contributed by atoms with van der Waals surface area (Å²) in [6.45, 7) is 8.17. The first kappa shape index (κ1) is 23.3. The number of aryl methyl sites for hydroxylation is 2. The highest BCUT2D eigenvalue weighted by Gasteiger charge is 2.40. The molecule has 1 fully saturated rings. The molecule has 0 radical (unpaired) electrons. The van der Waals surface area contributed by atoms with Crippen LogP contribution in [-0.4, -0.2) is 36.4 Å². The van der Waals surface area contributed by atoms with E-state index in [0.29, 0.717) is 5.92 Å². The molecule has 0 saturated carbocycles. The molecule has 1 heterocycles. The Morgan fingerprint density at radius 3 is 2.70 bits per heavy atom. The molecule has 2 aromatic carbocycles. The van der Waals surface area contributed by atoms with E-state index in [9.17, 15) is 9.90 Å². The SMILES string of the molecule is Cc1ccc(-c2cccc(N3CCCC(C4(OCC(C)C(=O)O)C=CC=CC4)C3)c2)cc1C. The second kappa shape index (κ2) is 9.96. The summed E-state index contributed by atoms with van der Waals surface area (Å²) >= 11 is 0. The molecule has 3 atom stereocenters. The molecule has 4 heteroatoms. The van der Waals surface area contributed by atoms with E-state index >= 15 is 0 Å². The van der Waals surface area contributed by atoms with E-state index < -0.39 is 17.5 Å². The Kier molecular flexibility index (Phi) is 7.04. The molecule has 0 spiro atoms. The number of piperidine rings is 1. The van der Waals surface area contributed by atoms with Crippen LogP contribution in [0.25, 0.3) is 11.1 Å². The maximum atomic E-state index is 11.4. The van der Waals surface area contributed by atoms with Crippen LogP contribution in [0.4, 0.5) is 5.69 Å². The third-order valence-corrected chi connectivity index (χ3v) is 7.25. The van der Waals surface area contributed by atoms with Crippen molar-refractivity contribution < 1.29 is 14.6 Å². The van der Waals surface area contributed by atoms with Gasteiger partial charge >= 0.3 is 5.97 Å². The topological polar surface area (TPSA) is 49.8 Å². The Balaban J connectivity index is 1.55. The van der Waals surface area contributed by atoms with Gasteiger partial charge in [-0.15, -0.1) is 0 Å². The fourth-order valence-corrected chi connectivity index (χ4v) is 4.91. The third-order valence-electron chi connectivity index (χ3n) is 7.25. The Morgan fingerprint density at radius 1 is 1.15 bits per heavy atom. The summed E-state index contributed by atoms with van der Waals surface area (Å²) in [7, 11) is 0. The highest BCUT2D eigenvalue weighted by atomic mass is 16.5. The van der Waals surface area contributed by atoms with Gasteiger partial charge in [0, 0.05) is 24.7 Å². The minimum Gasteiger partial charge on any atom is -0.481 e. The molecule has 2 aromatic rings. The summed E-state index contributed by atoms with van der Waals surface area (Å²) in [6.07, 6.45) is 11.4. The maximum absolute atomic E-state index is 11.4. The molecule has 1 saturated heterocycles. The minimum absolute atomic E-state index is 0.228. The summed E-state index contributed by atoms with van der Waals surface area (Å²) in [5, 5.41) is 9.33. The lowest BCUT2D eigenvalue weighted by molar-refractivity contribution is -0.146. The first-order valence-electron chi connectivity index (χ1n) is 12.0. The summed E-state index contributed by atoms with van der Waals surface area (Å²) in [4.78, 5) is 13.8. The van der Waals surface area contributed by atoms with Gasteiger partial charge < -0.3 is 14.7 Å². The molecule has 1 aliphatic heterocycles. The normalized spacial score (nSPS) is 23.5. The zero-order chi connectivity index (χ0) is 23.4. The van der Waals surface area contributed by atoms with Crippen molar-refractivity contribution in [1.82, 2.24) is 0 Å². The highest BCUT2D eigenvalue weighted by molar-refractivity contribution is 5.70. The average molecular weight is 446 g/mol. The Morgan fingerprint density at radius 2 is 1.97 bits per heavy atom. The van der Waals surface area contributed by atoms with Crippen LogP contribution in [0, 0.1) is 25.7 Å². The van der Waals surface area contributed by atoms with Gasteiger partial charge in [-0.1, -0.05) is 54.6 Å². The van der Waals surface area contributed by atoms with Gasteiger partial charge in [-0.2, -0.15) is 0 Å². The largest absolute Gasteiger partial charge is 0.481 e. The van der Waals surface area contributed by atoms with Gasteiger partial charge in [0.1, 0.15) is 0 Å². The van der Waals surface area contributed by atoms with Crippen molar-refractivity contribution in [2.24, 2.45) is 11.8 Å². The first-order chi connectivity index (χ1) is 15.9. The molecule has 33 heavy (non-hydrogen) atoms. The number of hydrogen-bond donors (Lipinski definition) is 1. The lowest BCUT2D eigenvalue weighted by Gasteiger charge is -2.45. The molecule has 4 rings (SSSR count).